The highest BCUT2D eigenvalue weighted by molar-refractivity contribution is 6.30. The third-order valence-corrected chi connectivity index (χ3v) is 3.05. The fourth-order valence-corrected chi connectivity index (χ4v) is 2.14. The maximum Gasteiger partial charge on any atom is 0.0635 e. The van der Waals surface area contributed by atoms with E-state index in [-0.39, 0.29) is 6.04 Å². The lowest BCUT2D eigenvalue weighted by atomic mass is 10.1. The molecule has 92 valence electrons. The van der Waals surface area contributed by atoms with Crippen molar-refractivity contribution in [2.24, 2.45) is 5.73 Å². The lowest BCUT2D eigenvalue weighted by Gasteiger charge is -2.29. The second-order valence-electron chi connectivity index (χ2n) is 3.84. The molecule has 0 amide bonds. The summed E-state index contributed by atoms with van der Waals surface area (Å²) in [5, 5.41) is 9.37. The zero-order valence-electron chi connectivity index (χ0n) is 10.1. The van der Waals surface area contributed by atoms with Crippen molar-refractivity contribution >= 4 is 11.6 Å². The van der Waals surface area contributed by atoms with Crippen LogP contribution >= 0.6 is 11.6 Å². The molecule has 0 aliphatic heterocycles. The first-order chi connectivity index (χ1) is 8.22. The van der Waals surface area contributed by atoms with Crippen LogP contribution in [0, 0.1) is 11.3 Å². The fourth-order valence-electron chi connectivity index (χ4n) is 1.94. The lowest BCUT2D eigenvalue weighted by molar-refractivity contribution is 0.217. The van der Waals surface area contributed by atoms with Crippen molar-refractivity contribution in [3.8, 4) is 6.07 Å². The van der Waals surface area contributed by atoms with Gasteiger partial charge in [-0.2, -0.15) is 5.26 Å². The zero-order valence-corrected chi connectivity index (χ0v) is 10.8. The summed E-state index contributed by atoms with van der Waals surface area (Å²) in [5.41, 5.74) is 6.95. The molecule has 1 aromatic carbocycles. The van der Waals surface area contributed by atoms with Gasteiger partial charge in [-0.1, -0.05) is 30.7 Å². The molecule has 0 aliphatic rings. The topological polar surface area (TPSA) is 53.0 Å². The van der Waals surface area contributed by atoms with Crippen molar-refractivity contribution in [3.05, 3.63) is 34.9 Å². The van der Waals surface area contributed by atoms with Gasteiger partial charge >= 0.3 is 0 Å². The summed E-state index contributed by atoms with van der Waals surface area (Å²) in [6, 6.07) is 10.0. The summed E-state index contributed by atoms with van der Waals surface area (Å²) in [6.07, 6.45) is 0.519. The van der Waals surface area contributed by atoms with Crippen molar-refractivity contribution in [1.29, 1.82) is 5.26 Å². The Bertz CT molecular complexity index is 386. The maximum absolute atomic E-state index is 8.65. The van der Waals surface area contributed by atoms with Gasteiger partial charge in [0.05, 0.1) is 6.07 Å². The molecule has 0 bridgehead atoms. The summed E-state index contributed by atoms with van der Waals surface area (Å²) in [7, 11) is 0. The Kier molecular flexibility index (Phi) is 5.99. The van der Waals surface area contributed by atoms with Crippen molar-refractivity contribution in [3.63, 3.8) is 0 Å². The molecule has 1 unspecified atom stereocenters. The molecule has 0 aliphatic carbocycles. The first-order valence-corrected chi connectivity index (χ1v) is 6.17. The summed E-state index contributed by atoms with van der Waals surface area (Å²) in [6.45, 7) is 4.21. The van der Waals surface area contributed by atoms with E-state index in [9.17, 15) is 0 Å². The number of hydrogen-bond donors (Lipinski definition) is 1. The number of nitriles is 1. The van der Waals surface area contributed by atoms with Gasteiger partial charge in [0.1, 0.15) is 0 Å². The Balaban J connectivity index is 2.85. The van der Waals surface area contributed by atoms with Crippen LogP contribution in [0.25, 0.3) is 0 Å². The number of rotatable bonds is 6. The average molecular weight is 252 g/mol. The Labute approximate surface area is 108 Å². The van der Waals surface area contributed by atoms with E-state index in [1.165, 1.54) is 0 Å². The van der Waals surface area contributed by atoms with Crippen molar-refractivity contribution in [1.82, 2.24) is 4.90 Å². The highest BCUT2D eigenvalue weighted by Gasteiger charge is 2.17. The summed E-state index contributed by atoms with van der Waals surface area (Å²) in [4.78, 5) is 2.20. The minimum Gasteiger partial charge on any atom is -0.329 e. The van der Waals surface area contributed by atoms with Crippen LogP contribution in [-0.2, 0) is 0 Å². The van der Waals surface area contributed by atoms with Gasteiger partial charge in [0.25, 0.3) is 0 Å². The second-order valence-corrected chi connectivity index (χ2v) is 4.28. The fraction of sp³-hybridized carbons (Fsp3) is 0.462. The molecular formula is C13H18ClN3. The number of likely N-dealkylation sites (N-methyl/N-ethyl adjacent to an activating group) is 1. The number of hydrogen-bond acceptors (Lipinski definition) is 3. The normalized spacial score (nSPS) is 12.4. The number of nitrogens with two attached hydrogens (primary N) is 1. The van der Waals surface area contributed by atoms with Crippen LogP contribution in [0.1, 0.15) is 24.9 Å². The van der Waals surface area contributed by atoms with E-state index in [1.807, 2.05) is 24.3 Å². The molecule has 0 fully saturated rings. The van der Waals surface area contributed by atoms with Gasteiger partial charge in [-0.3, -0.25) is 4.90 Å². The molecule has 0 aromatic heterocycles. The van der Waals surface area contributed by atoms with Gasteiger partial charge in [0, 0.05) is 30.6 Å². The highest BCUT2D eigenvalue weighted by atomic mass is 35.5. The molecule has 1 atom stereocenters. The van der Waals surface area contributed by atoms with E-state index in [4.69, 9.17) is 22.6 Å². The standard InChI is InChI=1S/C13H18ClN3/c1-2-17(8-4-7-15)13(10-16)11-5-3-6-12(14)9-11/h3,5-6,9,13H,2,4,8,10,16H2,1H3. The van der Waals surface area contributed by atoms with Gasteiger partial charge in [-0.15, -0.1) is 0 Å². The molecule has 17 heavy (non-hydrogen) atoms. The molecular weight excluding hydrogens is 234 g/mol. The first kappa shape index (κ1) is 14.0. The van der Waals surface area contributed by atoms with Crippen LogP contribution in [0.5, 0.6) is 0 Å². The number of benzene rings is 1. The molecule has 0 saturated carbocycles. The molecule has 4 heteroatoms. The van der Waals surface area contributed by atoms with Crippen molar-refractivity contribution in [2.45, 2.75) is 19.4 Å². The smallest absolute Gasteiger partial charge is 0.0635 e. The maximum atomic E-state index is 8.65. The third-order valence-electron chi connectivity index (χ3n) is 2.81. The van der Waals surface area contributed by atoms with E-state index in [2.05, 4.69) is 17.9 Å². The molecule has 0 spiro atoms. The summed E-state index contributed by atoms with van der Waals surface area (Å²) in [5.74, 6) is 0. The molecule has 0 radical (unpaired) electrons. The Morgan fingerprint density at radius 1 is 1.53 bits per heavy atom. The summed E-state index contributed by atoms with van der Waals surface area (Å²) >= 11 is 5.99. The molecule has 2 N–H and O–H groups in total. The zero-order chi connectivity index (χ0) is 12.7. The molecule has 0 heterocycles. The third kappa shape index (κ3) is 4.01. The Hall–Kier alpha value is -1.08. The number of halogens is 1. The SMILES string of the molecule is CCN(CCC#N)C(CN)c1cccc(Cl)c1. The van der Waals surface area contributed by atoms with Crippen LogP contribution in [-0.4, -0.2) is 24.5 Å². The molecule has 3 nitrogen and oxygen atoms in total. The van der Waals surface area contributed by atoms with Crippen LogP contribution in [0.15, 0.2) is 24.3 Å². The minimum absolute atomic E-state index is 0.132. The quantitative estimate of drug-likeness (QED) is 0.846. The van der Waals surface area contributed by atoms with Gasteiger partial charge in [-0.05, 0) is 24.2 Å². The van der Waals surface area contributed by atoms with Crippen molar-refractivity contribution in [2.75, 3.05) is 19.6 Å². The Morgan fingerprint density at radius 2 is 2.29 bits per heavy atom. The van der Waals surface area contributed by atoms with E-state index >= 15 is 0 Å². The lowest BCUT2D eigenvalue weighted by Crippen LogP contribution is -2.34. The van der Waals surface area contributed by atoms with Crippen LogP contribution in [0.2, 0.25) is 5.02 Å². The van der Waals surface area contributed by atoms with Gasteiger partial charge in [0.15, 0.2) is 0 Å². The number of nitrogens with zero attached hydrogens (tertiary/aromatic N) is 2. The second kappa shape index (κ2) is 7.29. The average Bonchev–Trinajstić information content (AvgIpc) is 2.34. The van der Waals surface area contributed by atoms with E-state index < -0.39 is 0 Å². The van der Waals surface area contributed by atoms with Gasteiger partial charge in [0.2, 0.25) is 0 Å². The monoisotopic (exact) mass is 251 g/mol. The summed E-state index contributed by atoms with van der Waals surface area (Å²) < 4.78 is 0. The minimum atomic E-state index is 0.132. The van der Waals surface area contributed by atoms with Gasteiger partial charge in [-0.25, -0.2) is 0 Å². The largest absolute Gasteiger partial charge is 0.329 e. The molecule has 1 aromatic rings. The van der Waals surface area contributed by atoms with Crippen LogP contribution < -0.4 is 5.73 Å². The molecule has 0 saturated heterocycles. The first-order valence-electron chi connectivity index (χ1n) is 5.79. The van der Waals surface area contributed by atoms with Crippen LogP contribution in [0.4, 0.5) is 0 Å². The van der Waals surface area contributed by atoms with Crippen molar-refractivity contribution < 1.29 is 0 Å². The highest BCUT2D eigenvalue weighted by Crippen LogP contribution is 2.22. The van der Waals surface area contributed by atoms with Crippen LogP contribution in [0.3, 0.4) is 0 Å². The Morgan fingerprint density at radius 3 is 2.82 bits per heavy atom. The van der Waals surface area contributed by atoms with Gasteiger partial charge < -0.3 is 5.73 Å². The van der Waals surface area contributed by atoms with E-state index in [1.54, 1.807) is 0 Å². The van der Waals surface area contributed by atoms with E-state index in [0.29, 0.717) is 13.0 Å². The van der Waals surface area contributed by atoms with E-state index in [0.717, 1.165) is 23.7 Å². The molecule has 1 rings (SSSR count). The predicted octanol–water partition coefficient (Wildman–Crippen LogP) is 2.58. The predicted molar refractivity (Wildman–Crippen MR) is 70.7 cm³/mol.